The third-order valence-corrected chi connectivity index (χ3v) is 10.8. The second kappa shape index (κ2) is 9.00. The Morgan fingerprint density at radius 1 is 0.920 bits per heavy atom. The van der Waals surface area contributed by atoms with E-state index < -0.39 is 34.5 Å². The summed E-state index contributed by atoms with van der Waals surface area (Å²) in [5.74, 6) is 1.93. The van der Waals surface area contributed by atoms with Gasteiger partial charge in [0.2, 0.25) is 36.2 Å². The van der Waals surface area contributed by atoms with E-state index in [2.05, 4.69) is 87.6 Å². The van der Waals surface area contributed by atoms with Crippen LogP contribution in [0.3, 0.4) is 0 Å². The van der Waals surface area contributed by atoms with E-state index in [1.54, 1.807) is 0 Å². The molecule has 1 rings (SSSR count). The van der Waals surface area contributed by atoms with Gasteiger partial charge in [0.05, 0.1) is 14.4 Å². The van der Waals surface area contributed by atoms with Crippen molar-refractivity contribution in [2.45, 2.75) is 58.9 Å². The summed E-state index contributed by atoms with van der Waals surface area (Å²) in [4.78, 5) is 1.35. The Kier molecular flexibility index (Phi) is 8.15. The fourth-order valence-corrected chi connectivity index (χ4v) is 9.11. The molecule has 0 saturated heterocycles. The molecule has 0 saturated carbocycles. The van der Waals surface area contributed by atoms with Crippen LogP contribution >= 0.6 is 0 Å². The van der Waals surface area contributed by atoms with Gasteiger partial charge in [-0.3, -0.25) is 0 Å². The van der Waals surface area contributed by atoms with Crippen molar-refractivity contribution in [1.29, 1.82) is 0 Å². The molecule has 0 aliphatic heterocycles. The molecule has 0 aromatic heterocycles. The van der Waals surface area contributed by atoms with Crippen molar-refractivity contribution in [2.24, 2.45) is 0 Å². The Labute approximate surface area is 162 Å². The summed E-state index contributed by atoms with van der Waals surface area (Å²) in [6.07, 6.45) is 0. The lowest BCUT2D eigenvalue weighted by molar-refractivity contribution is 0.501. The van der Waals surface area contributed by atoms with Gasteiger partial charge in [0, 0.05) is 0 Å². The summed E-state index contributed by atoms with van der Waals surface area (Å²) < 4.78 is 18.6. The minimum absolute atomic E-state index is 0.739. The Morgan fingerprint density at radius 2 is 1.48 bits per heavy atom. The summed E-state index contributed by atoms with van der Waals surface area (Å²) in [7, 11) is -2.12. The van der Waals surface area contributed by atoms with Gasteiger partial charge in [-0.05, 0) is 62.8 Å². The zero-order valence-electron chi connectivity index (χ0n) is 17.0. The van der Waals surface area contributed by atoms with Gasteiger partial charge in [0.25, 0.3) is 0 Å². The number of benzene rings is 1. The molecular weight excluding hydrogens is 393 g/mol. The number of rotatable bonds is 8. The summed E-state index contributed by atoms with van der Waals surface area (Å²) >= 11 is 0. The molecular formula is C17H31O3Si5. The number of hydrogen-bond acceptors (Lipinski definition) is 3. The smallest absolute Gasteiger partial charge is 0.242 e. The standard InChI is InChI=1S/C17H31O3Si5/c1-22(2)17(23(3)20-21)16(19-25(7,8)9)14-12-10-11-13-15(14)18-24(4,5)6/h10-13H,1-9H3. The highest BCUT2D eigenvalue weighted by Crippen LogP contribution is 2.34. The lowest BCUT2D eigenvalue weighted by atomic mass is 10.2. The summed E-state index contributed by atoms with van der Waals surface area (Å²) in [6.45, 7) is 20.1. The van der Waals surface area contributed by atoms with Crippen molar-refractivity contribution >= 4 is 50.7 Å². The average Bonchev–Trinajstić information content (AvgIpc) is 2.43. The van der Waals surface area contributed by atoms with E-state index in [0.29, 0.717) is 0 Å². The molecule has 0 aliphatic rings. The van der Waals surface area contributed by atoms with E-state index in [-0.39, 0.29) is 0 Å². The maximum Gasteiger partial charge on any atom is 0.242 e. The Morgan fingerprint density at radius 3 is 1.92 bits per heavy atom. The second-order valence-electron chi connectivity index (χ2n) is 8.29. The van der Waals surface area contributed by atoms with E-state index in [0.717, 1.165) is 17.1 Å². The monoisotopic (exact) mass is 423 g/mol. The largest absolute Gasteiger partial charge is 0.544 e. The van der Waals surface area contributed by atoms with E-state index in [1.807, 2.05) is 6.07 Å². The van der Waals surface area contributed by atoms with E-state index in [1.165, 1.54) is 4.82 Å². The van der Waals surface area contributed by atoms with Gasteiger partial charge in [-0.25, -0.2) is 0 Å². The molecule has 1 aromatic carbocycles. The number of para-hydroxylation sites is 1. The van der Waals surface area contributed by atoms with Crippen LogP contribution in [0.15, 0.2) is 29.1 Å². The SMILES string of the molecule is C[Si](C)C(=C(O[Si](C)(C)C)c1ccccc1O[Si](C)(C)C)[Si](C)O[Si]. The van der Waals surface area contributed by atoms with Gasteiger partial charge >= 0.3 is 0 Å². The lowest BCUT2D eigenvalue weighted by Gasteiger charge is -2.30. The molecule has 25 heavy (non-hydrogen) atoms. The van der Waals surface area contributed by atoms with Crippen LogP contribution in [0.4, 0.5) is 0 Å². The zero-order valence-corrected chi connectivity index (χ0v) is 22.0. The normalized spacial score (nSPS) is 13.9. The van der Waals surface area contributed by atoms with Crippen molar-refractivity contribution < 1.29 is 13.0 Å². The van der Waals surface area contributed by atoms with E-state index >= 15 is 0 Å². The molecule has 8 heteroatoms. The molecule has 0 atom stereocenters. The Balaban J connectivity index is 3.64. The minimum Gasteiger partial charge on any atom is -0.544 e. The quantitative estimate of drug-likeness (QED) is 0.434. The molecule has 0 aliphatic carbocycles. The van der Waals surface area contributed by atoms with Gasteiger partial charge in [0.15, 0.2) is 0 Å². The molecule has 0 amide bonds. The van der Waals surface area contributed by atoms with Crippen LogP contribution in [0.1, 0.15) is 5.56 Å². The minimum atomic E-state index is -1.79. The third kappa shape index (κ3) is 7.39. The summed E-state index contributed by atoms with van der Waals surface area (Å²) in [5.41, 5.74) is 1.07. The average molecular weight is 424 g/mol. The first kappa shape index (κ1) is 22.6. The first-order valence-electron chi connectivity index (χ1n) is 8.55. The first-order chi connectivity index (χ1) is 11.4. The third-order valence-electron chi connectivity index (χ3n) is 3.19. The summed E-state index contributed by atoms with van der Waals surface area (Å²) in [6, 6.07) is 8.28. The molecule has 0 fully saturated rings. The molecule has 5 radical (unpaired) electrons. The van der Waals surface area contributed by atoms with E-state index in [9.17, 15) is 0 Å². The van der Waals surface area contributed by atoms with Gasteiger partial charge in [-0.15, -0.1) is 0 Å². The molecule has 3 nitrogen and oxygen atoms in total. The molecule has 0 bridgehead atoms. The highest BCUT2D eigenvalue weighted by atomic mass is 28.4. The number of hydrogen-bond donors (Lipinski definition) is 0. The van der Waals surface area contributed by atoms with Crippen molar-refractivity contribution in [2.75, 3.05) is 0 Å². The van der Waals surface area contributed by atoms with Gasteiger partial charge < -0.3 is 13.0 Å². The summed E-state index contributed by atoms with van der Waals surface area (Å²) in [5, 5.41) is 0. The van der Waals surface area contributed by atoms with Gasteiger partial charge in [-0.1, -0.05) is 25.2 Å². The molecule has 0 unspecified atom stereocenters. The Hall–Kier alpha value is -0.396. The van der Waals surface area contributed by atoms with Crippen LogP contribution < -0.4 is 4.43 Å². The van der Waals surface area contributed by atoms with Crippen molar-refractivity contribution in [1.82, 2.24) is 0 Å². The van der Waals surface area contributed by atoms with Gasteiger partial charge in [-0.2, -0.15) is 0 Å². The van der Waals surface area contributed by atoms with Crippen molar-refractivity contribution in [3.8, 4) is 5.75 Å². The van der Waals surface area contributed by atoms with Crippen LogP contribution in [0.5, 0.6) is 5.75 Å². The maximum absolute atomic E-state index is 6.63. The molecule has 1 aromatic rings. The van der Waals surface area contributed by atoms with Crippen LogP contribution in [0.2, 0.25) is 58.9 Å². The fraction of sp³-hybridized carbons (Fsp3) is 0.529. The lowest BCUT2D eigenvalue weighted by Crippen LogP contribution is -2.33. The van der Waals surface area contributed by atoms with E-state index in [4.69, 9.17) is 13.0 Å². The van der Waals surface area contributed by atoms with Crippen molar-refractivity contribution in [3.05, 3.63) is 34.6 Å². The maximum atomic E-state index is 6.63. The van der Waals surface area contributed by atoms with Crippen molar-refractivity contribution in [3.63, 3.8) is 0 Å². The van der Waals surface area contributed by atoms with Gasteiger partial charge in [0.1, 0.15) is 11.5 Å². The topological polar surface area (TPSA) is 27.7 Å². The van der Waals surface area contributed by atoms with Crippen LogP contribution in [-0.2, 0) is 8.54 Å². The zero-order chi connectivity index (χ0) is 19.4. The molecule has 0 heterocycles. The van der Waals surface area contributed by atoms with Crippen LogP contribution in [-0.4, -0.2) is 45.0 Å². The first-order valence-corrected chi connectivity index (χ1v) is 20.2. The highest BCUT2D eigenvalue weighted by molar-refractivity contribution is 6.87. The molecule has 0 N–H and O–H groups in total. The molecule has 137 valence electrons. The Bertz CT molecular complexity index is 603. The highest BCUT2D eigenvalue weighted by Gasteiger charge is 2.29. The fourth-order valence-electron chi connectivity index (χ4n) is 2.41. The second-order valence-corrected chi connectivity index (χ2v) is 22.6. The predicted molar refractivity (Wildman–Crippen MR) is 118 cm³/mol. The molecule has 0 spiro atoms. The van der Waals surface area contributed by atoms with Crippen LogP contribution in [0, 0.1) is 0 Å². The predicted octanol–water partition coefficient (Wildman–Crippen LogP) is 5.02. The van der Waals surface area contributed by atoms with Crippen LogP contribution in [0.25, 0.3) is 5.76 Å².